The molecule has 1 amide bonds. The molecule has 0 radical (unpaired) electrons. The molecule has 2 rings (SSSR count). The van der Waals surface area contributed by atoms with Crippen LogP contribution in [-0.4, -0.2) is 38.5 Å². The number of nitrogens with one attached hydrogen (secondary N) is 1. The Labute approximate surface area is 150 Å². The number of sulfonamides is 1. The minimum Gasteiger partial charge on any atom is -0.279 e. The summed E-state index contributed by atoms with van der Waals surface area (Å²) in [6.07, 6.45) is 0.0848. The normalized spacial score (nSPS) is 11.0. The maximum atomic E-state index is 12.4. The van der Waals surface area contributed by atoms with Crippen LogP contribution >= 0.6 is 0 Å². The second-order valence-electron chi connectivity index (χ2n) is 5.28. The molecule has 0 bridgehead atoms. The van der Waals surface area contributed by atoms with Crippen LogP contribution < -0.4 is 4.72 Å². The number of nitrogens with zero attached hydrogens (tertiary/aromatic N) is 2. The Morgan fingerprint density at radius 2 is 1.81 bits per heavy atom. The summed E-state index contributed by atoms with van der Waals surface area (Å²) in [6, 6.07) is 11.2. The Bertz CT molecular complexity index is 912. The number of hydroxylamine groups is 2. The van der Waals surface area contributed by atoms with Crippen LogP contribution in [0.2, 0.25) is 0 Å². The third-order valence-corrected chi connectivity index (χ3v) is 4.97. The third-order valence-electron chi connectivity index (χ3n) is 3.54. The Kier molecular flexibility index (Phi) is 5.90. The summed E-state index contributed by atoms with van der Waals surface area (Å²) >= 11 is 0. The van der Waals surface area contributed by atoms with Gasteiger partial charge in [-0.1, -0.05) is 24.3 Å². The van der Waals surface area contributed by atoms with Gasteiger partial charge in [0.25, 0.3) is 15.7 Å². The predicted molar refractivity (Wildman–Crippen MR) is 93.8 cm³/mol. The molecule has 0 atom stereocenters. The van der Waals surface area contributed by atoms with Gasteiger partial charge in [0.2, 0.25) is 5.91 Å². The number of likely N-dealkylation sites (N-methyl/N-ethyl adjacent to an activating group) is 1. The van der Waals surface area contributed by atoms with Crippen molar-refractivity contribution in [3.63, 3.8) is 0 Å². The minimum atomic E-state index is -4.13. The maximum absolute atomic E-state index is 12.4. The number of nitro benzene ring substituents is 1. The van der Waals surface area contributed by atoms with Gasteiger partial charge in [-0.05, 0) is 23.8 Å². The Balaban J connectivity index is 2.18. The molecule has 2 aromatic rings. The summed E-state index contributed by atoms with van der Waals surface area (Å²) in [7, 11) is -1.27. The lowest BCUT2D eigenvalue weighted by Crippen LogP contribution is -2.26. The van der Waals surface area contributed by atoms with Gasteiger partial charge in [-0.15, -0.1) is 0 Å². The quantitative estimate of drug-likeness (QED) is 0.580. The largest absolute Gasteiger partial charge is 0.289 e. The molecule has 2 aromatic carbocycles. The summed E-state index contributed by atoms with van der Waals surface area (Å²) in [4.78, 5) is 26.4. The molecular weight excluding hydrogens is 362 g/mol. The van der Waals surface area contributed by atoms with E-state index in [0.29, 0.717) is 5.56 Å². The molecule has 138 valence electrons. The third kappa shape index (κ3) is 4.55. The molecular formula is C16H17N3O6S. The highest BCUT2D eigenvalue weighted by atomic mass is 32.2. The Morgan fingerprint density at radius 3 is 2.38 bits per heavy atom. The van der Waals surface area contributed by atoms with Gasteiger partial charge in [0.1, 0.15) is 0 Å². The van der Waals surface area contributed by atoms with Crippen LogP contribution in [0, 0.1) is 10.1 Å². The van der Waals surface area contributed by atoms with Gasteiger partial charge < -0.3 is 0 Å². The average Bonchev–Trinajstić information content (AvgIpc) is 2.62. The number of carbonyl (C=O) groups excluding carboxylic acids is 1. The first-order valence-corrected chi connectivity index (χ1v) is 8.89. The van der Waals surface area contributed by atoms with E-state index in [2.05, 4.69) is 4.72 Å². The Hall–Kier alpha value is -2.98. The second kappa shape index (κ2) is 7.93. The molecule has 0 aliphatic rings. The maximum Gasteiger partial charge on any atom is 0.289 e. The Morgan fingerprint density at radius 1 is 1.19 bits per heavy atom. The zero-order chi connectivity index (χ0) is 19.3. The first-order chi connectivity index (χ1) is 12.2. The number of amides is 1. The number of hydrogen-bond acceptors (Lipinski definition) is 6. The zero-order valence-electron chi connectivity index (χ0n) is 14.1. The van der Waals surface area contributed by atoms with Crippen molar-refractivity contribution in [2.45, 2.75) is 11.3 Å². The average molecular weight is 379 g/mol. The van der Waals surface area contributed by atoms with Crippen LogP contribution in [0.3, 0.4) is 0 Å². The van der Waals surface area contributed by atoms with Gasteiger partial charge in [0, 0.05) is 18.8 Å². The second-order valence-corrected chi connectivity index (χ2v) is 6.93. The van der Waals surface area contributed by atoms with Crippen molar-refractivity contribution in [3.8, 4) is 0 Å². The molecule has 1 N–H and O–H groups in total. The monoisotopic (exact) mass is 379 g/mol. The van der Waals surface area contributed by atoms with Gasteiger partial charge in [-0.25, -0.2) is 13.5 Å². The van der Waals surface area contributed by atoms with Crippen molar-refractivity contribution in [2.24, 2.45) is 0 Å². The zero-order valence-corrected chi connectivity index (χ0v) is 14.9. The minimum absolute atomic E-state index is 0.0848. The van der Waals surface area contributed by atoms with Gasteiger partial charge in [0.15, 0.2) is 4.90 Å². The van der Waals surface area contributed by atoms with Gasteiger partial charge in [0.05, 0.1) is 18.5 Å². The molecule has 0 spiro atoms. The molecule has 0 aliphatic carbocycles. The van der Waals surface area contributed by atoms with Crippen LogP contribution in [-0.2, 0) is 26.1 Å². The van der Waals surface area contributed by atoms with E-state index in [1.807, 2.05) is 0 Å². The molecule has 0 saturated heterocycles. The van der Waals surface area contributed by atoms with Crippen LogP contribution in [0.4, 0.5) is 11.4 Å². The van der Waals surface area contributed by atoms with Crippen LogP contribution in [0.15, 0.2) is 53.4 Å². The van der Waals surface area contributed by atoms with Crippen LogP contribution in [0.25, 0.3) is 0 Å². The predicted octanol–water partition coefficient (Wildman–Crippen LogP) is 1.96. The van der Waals surface area contributed by atoms with Crippen molar-refractivity contribution in [1.29, 1.82) is 0 Å². The van der Waals surface area contributed by atoms with Crippen LogP contribution in [0.5, 0.6) is 0 Å². The van der Waals surface area contributed by atoms with Crippen molar-refractivity contribution in [1.82, 2.24) is 5.06 Å². The van der Waals surface area contributed by atoms with E-state index < -0.39 is 25.5 Å². The molecule has 0 heterocycles. The lowest BCUT2D eigenvalue weighted by Gasteiger charge is -2.13. The van der Waals surface area contributed by atoms with Crippen molar-refractivity contribution >= 4 is 27.3 Å². The van der Waals surface area contributed by atoms with E-state index in [9.17, 15) is 23.3 Å². The summed E-state index contributed by atoms with van der Waals surface area (Å²) in [5.74, 6) is -0.263. The summed E-state index contributed by atoms with van der Waals surface area (Å²) < 4.78 is 27.1. The molecule has 0 fully saturated rings. The molecule has 0 unspecified atom stereocenters. The molecule has 26 heavy (non-hydrogen) atoms. The fourth-order valence-electron chi connectivity index (χ4n) is 2.12. The number of anilines is 1. The molecule has 0 aromatic heterocycles. The number of rotatable bonds is 7. The number of benzene rings is 2. The SMILES string of the molecule is CON(C)C(=O)Cc1ccc(NS(=O)(=O)c2ccccc2[N+](=O)[O-])cc1. The van der Waals surface area contributed by atoms with Crippen molar-refractivity contribution in [2.75, 3.05) is 18.9 Å². The van der Waals surface area contributed by atoms with E-state index >= 15 is 0 Å². The highest BCUT2D eigenvalue weighted by Gasteiger charge is 2.25. The number of hydrogen-bond donors (Lipinski definition) is 1. The smallest absolute Gasteiger partial charge is 0.279 e. The molecule has 0 aliphatic heterocycles. The first kappa shape index (κ1) is 19.3. The summed E-state index contributed by atoms with van der Waals surface area (Å²) in [6.45, 7) is 0. The highest BCUT2D eigenvalue weighted by molar-refractivity contribution is 7.92. The molecule has 9 nitrogen and oxygen atoms in total. The van der Waals surface area contributed by atoms with Gasteiger partial charge >= 0.3 is 0 Å². The van der Waals surface area contributed by atoms with Crippen molar-refractivity contribution in [3.05, 3.63) is 64.2 Å². The fourth-order valence-corrected chi connectivity index (χ4v) is 3.36. The topological polar surface area (TPSA) is 119 Å². The van der Waals surface area contributed by atoms with Gasteiger partial charge in [-0.3, -0.25) is 24.5 Å². The van der Waals surface area contributed by atoms with Crippen molar-refractivity contribution < 1.29 is 23.0 Å². The lowest BCUT2D eigenvalue weighted by molar-refractivity contribution is -0.387. The van der Waals surface area contributed by atoms with E-state index in [-0.39, 0.29) is 18.0 Å². The fraction of sp³-hybridized carbons (Fsp3) is 0.188. The summed E-state index contributed by atoms with van der Waals surface area (Å²) in [5.41, 5.74) is 0.372. The van der Waals surface area contributed by atoms with E-state index in [4.69, 9.17) is 4.84 Å². The number of carbonyl (C=O) groups is 1. The summed E-state index contributed by atoms with van der Waals surface area (Å²) in [5, 5.41) is 12.1. The number of nitro groups is 1. The lowest BCUT2D eigenvalue weighted by atomic mass is 10.1. The van der Waals surface area contributed by atoms with E-state index in [1.165, 1.54) is 38.4 Å². The van der Waals surface area contributed by atoms with Gasteiger partial charge in [-0.2, -0.15) is 0 Å². The molecule has 10 heteroatoms. The van der Waals surface area contributed by atoms with E-state index in [1.54, 1.807) is 12.1 Å². The standard InChI is InChI=1S/C16H17N3O6S/c1-18(25-2)16(20)11-12-7-9-13(10-8-12)17-26(23,24)15-6-4-3-5-14(15)19(21)22/h3-10,17H,11H2,1-2H3. The first-order valence-electron chi connectivity index (χ1n) is 7.40. The number of para-hydroxylation sites is 1. The van der Waals surface area contributed by atoms with Crippen LogP contribution in [0.1, 0.15) is 5.56 Å². The van der Waals surface area contributed by atoms with E-state index in [0.717, 1.165) is 17.2 Å². The highest BCUT2D eigenvalue weighted by Crippen LogP contribution is 2.25. The molecule has 0 saturated carbocycles.